The summed E-state index contributed by atoms with van der Waals surface area (Å²) in [5, 5.41) is 22.5. The standard InChI is InChI=1S/C36H24BN3O5/c1-44-35(41)27-20-22(15-17-28(27)37(42)43)23-16-18-30-26(19-23)24-11-5-7-13-29(24)40(30)36-38-32(21-9-3-2-4-10-21)34-33(39-36)25-12-6-8-14-31(25)45-34/h2-20,42-43H,1H3. The summed E-state index contributed by atoms with van der Waals surface area (Å²) >= 11 is 0. The average Bonchev–Trinajstić information content (AvgIpc) is 3.63. The highest BCUT2D eigenvalue weighted by Crippen LogP contribution is 2.38. The Morgan fingerprint density at radius 1 is 0.733 bits per heavy atom. The molecule has 0 unspecified atom stereocenters. The molecule has 0 radical (unpaired) electrons. The van der Waals surface area contributed by atoms with Crippen molar-refractivity contribution in [2.75, 3.05) is 7.11 Å². The minimum atomic E-state index is -1.81. The van der Waals surface area contributed by atoms with Gasteiger partial charge in [-0.15, -0.1) is 0 Å². The molecule has 0 aliphatic rings. The van der Waals surface area contributed by atoms with Crippen LogP contribution in [0.4, 0.5) is 0 Å². The van der Waals surface area contributed by atoms with Crippen LogP contribution in [0.1, 0.15) is 10.4 Å². The van der Waals surface area contributed by atoms with Gasteiger partial charge in [-0.3, -0.25) is 4.57 Å². The summed E-state index contributed by atoms with van der Waals surface area (Å²) < 4.78 is 13.3. The average molecular weight is 589 g/mol. The molecule has 0 saturated carbocycles. The van der Waals surface area contributed by atoms with Crippen LogP contribution in [-0.2, 0) is 4.74 Å². The molecule has 216 valence electrons. The SMILES string of the molecule is COC(=O)c1cc(-c2ccc3c(c2)c2ccccc2n3-c2nc(-c3ccccc3)c3oc4ccccc4c3n2)ccc1B(O)O. The van der Waals surface area contributed by atoms with Crippen molar-refractivity contribution < 1.29 is 24.0 Å². The molecule has 0 bridgehead atoms. The lowest BCUT2D eigenvalue weighted by molar-refractivity contribution is 0.0601. The highest BCUT2D eigenvalue weighted by molar-refractivity contribution is 6.60. The first-order chi connectivity index (χ1) is 22.0. The molecule has 0 aliphatic carbocycles. The Labute approximate surface area is 256 Å². The van der Waals surface area contributed by atoms with Gasteiger partial charge in [0, 0.05) is 21.7 Å². The molecule has 0 spiro atoms. The number of carbonyl (C=O) groups excluding carboxylic acids is 1. The maximum Gasteiger partial charge on any atom is 0.489 e. The first-order valence-electron chi connectivity index (χ1n) is 14.4. The summed E-state index contributed by atoms with van der Waals surface area (Å²) in [5.41, 5.74) is 7.32. The van der Waals surface area contributed by atoms with Crippen molar-refractivity contribution in [2.45, 2.75) is 0 Å². The fourth-order valence-corrected chi connectivity index (χ4v) is 6.09. The molecule has 8 nitrogen and oxygen atoms in total. The highest BCUT2D eigenvalue weighted by Gasteiger charge is 2.23. The normalized spacial score (nSPS) is 11.5. The Bertz CT molecular complexity index is 2430. The van der Waals surface area contributed by atoms with Crippen LogP contribution in [-0.4, -0.2) is 44.8 Å². The molecule has 8 rings (SSSR count). The molecule has 9 heteroatoms. The molecule has 3 aromatic heterocycles. The number of aromatic nitrogens is 3. The molecule has 8 aromatic rings. The van der Waals surface area contributed by atoms with E-state index in [0.717, 1.165) is 55.0 Å². The van der Waals surface area contributed by atoms with Gasteiger partial charge in [-0.1, -0.05) is 78.9 Å². The Hall–Kier alpha value is -5.77. The minimum Gasteiger partial charge on any atom is -0.465 e. The van der Waals surface area contributed by atoms with Gasteiger partial charge in [-0.25, -0.2) is 14.8 Å². The third-order valence-electron chi connectivity index (χ3n) is 8.20. The van der Waals surface area contributed by atoms with Gasteiger partial charge in [0.15, 0.2) is 5.58 Å². The topological polar surface area (TPSA) is 111 Å². The molecule has 0 atom stereocenters. The summed E-state index contributed by atoms with van der Waals surface area (Å²) in [6.07, 6.45) is 0. The molecule has 0 amide bonds. The first kappa shape index (κ1) is 26.8. The van der Waals surface area contributed by atoms with E-state index >= 15 is 0 Å². The molecule has 3 heterocycles. The predicted molar refractivity (Wildman–Crippen MR) is 176 cm³/mol. The lowest BCUT2D eigenvalue weighted by atomic mass is 9.76. The van der Waals surface area contributed by atoms with Crippen LogP contribution in [0.25, 0.3) is 72.2 Å². The van der Waals surface area contributed by atoms with E-state index in [1.807, 2.05) is 84.9 Å². The van der Waals surface area contributed by atoms with E-state index in [9.17, 15) is 14.8 Å². The van der Waals surface area contributed by atoms with Gasteiger partial charge >= 0.3 is 13.1 Å². The van der Waals surface area contributed by atoms with Crippen LogP contribution in [0.2, 0.25) is 0 Å². The van der Waals surface area contributed by atoms with Gasteiger partial charge in [0.2, 0.25) is 5.95 Å². The number of methoxy groups -OCH3 is 1. The largest absolute Gasteiger partial charge is 0.489 e. The number of furan rings is 1. The second-order valence-corrected chi connectivity index (χ2v) is 10.8. The van der Waals surface area contributed by atoms with E-state index in [1.165, 1.54) is 13.2 Å². The number of para-hydroxylation sites is 2. The molecule has 2 N–H and O–H groups in total. The molecule has 45 heavy (non-hydrogen) atoms. The summed E-state index contributed by atoms with van der Waals surface area (Å²) in [6.45, 7) is 0. The van der Waals surface area contributed by atoms with Crippen LogP contribution in [0.5, 0.6) is 0 Å². The number of rotatable bonds is 5. The van der Waals surface area contributed by atoms with E-state index in [0.29, 0.717) is 17.2 Å². The molecule has 5 aromatic carbocycles. The van der Waals surface area contributed by atoms with Gasteiger partial charge in [-0.05, 0) is 53.0 Å². The molecule has 0 saturated heterocycles. The minimum absolute atomic E-state index is 0.0804. The first-order valence-corrected chi connectivity index (χ1v) is 14.4. The number of esters is 1. The molecular weight excluding hydrogens is 565 g/mol. The molecule has 0 aliphatic heterocycles. The lowest BCUT2D eigenvalue weighted by Gasteiger charge is -2.11. The van der Waals surface area contributed by atoms with E-state index < -0.39 is 13.1 Å². The second-order valence-electron chi connectivity index (χ2n) is 10.8. The van der Waals surface area contributed by atoms with Gasteiger partial charge in [0.25, 0.3) is 0 Å². The van der Waals surface area contributed by atoms with Crippen molar-refractivity contribution >= 4 is 62.4 Å². The third-order valence-corrected chi connectivity index (χ3v) is 8.20. The van der Waals surface area contributed by atoms with Crippen molar-refractivity contribution in [1.29, 1.82) is 0 Å². The zero-order valence-electron chi connectivity index (χ0n) is 24.0. The van der Waals surface area contributed by atoms with Crippen molar-refractivity contribution in [2.24, 2.45) is 0 Å². The van der Waals surface area contributed by atoms with Crippen molar-refractivity contribution in [3.05, 3.63) is 121 Å². The third kappa shape index (κ3) is 4.29. The quantitative estimate of drug-likeness (QED) is 0.180. The van der Waals surface area contributed by atoms with E-state index in [4.69, 9.17) is 19.1 Å². The smallest absolute Gasteiger partial charge is 0.465 e. The van der Waals surface area contributed by atoms with Crippen LogP contribution in [0.3, 0.4) is 0 Å². The summed E-state index contributed by atoms with van der Waals surface area (Å²) in [6, 6.07) is 36.9. The van der Waals surface area contributed by atoms with Crippen LogP contribution in [0.15, 0.2) is 120 Å². The maximum absolute atomic E-state index is 12.5. The monoisotopic (exact) mass is 589 g/mol. The molecular formula is C36H24BN3O5. The maximum atomic E-state index is 12.5. The van der Waals surface area contributed by atoms with Gasteiger partial charge in [0.1, 0.15) is 16.8 Å². The summed E-state index contributed by atoms with van der Waals surface area (Å²) in [4.78, 5) is 22.7. The zero-order chi connectivity index (χ0) is 30.7. The number of carbonyl (C=O) groups is 1. The number of ether oxygens (including phenoxy) is 1. The van der Waals surface area contributed by atoms with Crippen molar-refractivity contribution in [3.8, 4) is 28.3 Å². The number of benzene rings is 5. The molecule has 0 fully saturated rings. The number of hydrogen-bond donors (Lipinski definition) is 2. The Morgan fingerprint density at radius 2 is 1.42 bits per heavy atom. The number of nitrogens with zero attached hydrogens (tertiary/aromatic N) is 3. The lowest BCUT2D eigenvalue weighted by Crippen LogP contribution is -2.35. The Kier molecular flexibility index (Phi) is 6.23. The Morgan fingerprint density at radius 3 is 2.22 bits per heavy atom. The van der Waals surface area contributed by atoms with Gasteiger partial charge in [0.05, 0.1) is 23.7 Å². The zero-order valence-corrected chi connectivity index (χ0v) is 24.0. The summed E-state index contributed by atoms with van der Waals surface area (Å²) in [5.74, 6) is -0.132. The second kappa shape index (κ2) is 10.4. The fourth-order valence-electron chi connectivity index (χ4n) is 6.09. The number of fused-ring (bicyclic) bond motifs is 6. The highest BCUT2D eigenvalue weighted by atomic mass is 16.5. The number of hydrogen-bond acceptors (Lipinski definition) is 7. The van der Waals surface area contributed by atoms with Crippen LogP contribution < -0.4 is 5.46 Å². The van der Waals surface area contributed by atoms with E-state index in [2.05, 4.69) is 16.7 Å². The van der Waals surface area contributed by atoms with E-state index in [-0.39, 0.29) is 11.0 Å². The summed E-state index contributed by atoms with van der Waals surface area (Å²) in [7, 11) is -0.544. The van der Waals surface area contributed by atoms with Gasteiger partial charge in [-0.2, -0.15) is 0 Å². The van der Waals surface area contributed by atoms with Crippen LogP contribution >= 0.6 is 0 Å². The van der Waals surface area contributed by atoms with E-state index in [1.54, 1.807) is 12.1 Å². The van der Waals surface area contributed by atoms with Crippen molar-refractivity contribution in [3.63, 3.8) is 0 Å². The predicted octanol–water partition coefficient (Wildman–Crippen LogP) is 6.27. The fraction of sp³-hybridized carbons (Fsp3) is 0.0278. The Balaban J connectivity index is 1.38. The van der Waals surface area contributed by atoms with Crippen molar-refractivity contribution in [1.82, 2.24) is 14.5 Å². The van der Waals surface area contributed by atoms with Crippen LogP contribution in [0, 0.1) is 0 Å². The van der Waals surface area contributed by atoms with Gasteiger partial charge < -0.3 is 19.2 Å².